The van der Waals surface area contributed by atoms with Crippen molar-refractivity contribution in [2.24, 2.45) is 0 Å². The number of hydrogen-bond acceptors (Lipinski definition) is 2. The first-order chi connectivity index (χ1) is 11.0. The second-order valence-corrected chi connectivity index (χ2v) is 6.58. The number of anilines is 1. The zero-order valence-electron chi connectivity index (χ0n) is 12.1. The predicted molar refractivity (Wildman–Crippen MR) is 94.5 cm³/mol. The Kier molecular flexibility index (Phi) is 4.48. The molecule has 0 radical (unpaired) electrons. The van der Waals surface area contributed by atoms with E-state index in [9.17, 15) is 4.79 Å². The number of imidazole rings is 1. The van der Waals surface area contributed by atoms with Gasteiger partial charge in [0.05, 0.1) is 0 Å². The maximum atomic E-state index is 11.9. The summed E-state index contributed by atoms with van der Waals surface area (Å²) in [7, 11) is 0. The molecule has 0 atom stereocenters. The molecule has 0 saturated heterocycles. The number of halogens is 3. The Balaban J connectivity index is 2.21. The van der Waals surface area contributed by atoms with Gasteiger partial charge in [0.2, 0.25) is 0 Å². The number of aromatic nitrogens is 2. The molecule has 1 N–H and O–H groups in total. The Bertz CT molecular complexity index is 889. The number of aryl methyl sites for hydroxylation is 1. The Morgan fingerprint density at radius 1 is 1.26 bits per heavy atom. The summed E-state index contributed by atoms with van der Waals surface area (Å²) in [5.41, 5.74) is 3.10. The van der Waals surface area contributed by atoms with Crippen LogP contribution < -0.4 is 5.32 Å². The molecule has 0 saturated carbocycles. The van der Waals surface area contributed by atoms with Crippen LogP contribution in [-0.2, 0) is 4.79 Å². The molecule has 2 aromatic heterocycles. The van der Waals surface area contributed by atoms with Gasteiger partial charge < -0.3 is 5.32 Å². The van der Waals surface area contributed by atoms with E-state index in [0.29, 0.717) is 22.2 Å². The summed E-state index contributed by atoms with van der Waals surface area (Å²) in [5.74, 6) is -0.0119. The van der Waals surface area contributed by atoms with Crippen LogP contribution in [0.1, 0.15) is 5.56 Å². The second-order valence-electron chi connectivity index (χ2n) is 5.04. The van der Waals surface area contributed by atoms with Crippen LogP contribution in [0.4, 0.5) is 5.82 Å². The quantitative estimate of drug-likeness (QED) is 0.681. The zero-order valence-corrected chi connectivity index (χ0v) is 14.3. The molecule has 0 aliphatic rings. The van der Waals surface area contributed by atoms with Gasteiger partial charge in [-0.1, -0.05) is 53.0 Å². The summed E-state index contributed by atoms with van der Waals surface area (Å²) < 4.78 is 1.79. The number of carbonyl (C=O) groups is 1. The number of alkyl halides is 2. The third kappa shape index (κ3) is 3.29. The molecule has 2 heterocycles. The maximum absolute atomic E-state index is 11.9. The van der Waals surface area contributed by atoms with Crippen LogP contribution in [0.25, 0.3) is 16.9 Å². The third-order valence-electron chi connectivity index (χ3n) is 3.30. The van der Waals surface area contributed by atoms with Gasteiger partial charge in [-0.2, -0.15) is 0 Å². The number of hydrogen-bond donors (Lipinski definition) is 1. The fraction of sp³-hybridized carbons (Fsp3) is 0.125. The van der Waals surface area contributed by atoms with Gasteiger partial charge >= 0.3 is 0 Å². The number of rotatable bonds is 3. The van der Waals surface area contributed by atoms with Crippen molar-refractivity contribution < 1.29 is 4.79 Å². The van der Waals surface area contributed by atoms with Crippen LogP contribution in [0.5, 0.6) is 0 Å². The monoisotopic (exact) mass is 367 g/mol. The van der Waals surface area contributed by atoms with Crippen molar-refractivity contribution in [3.8, 4) is 11.3 Å². The lowest BCUT2D eigenvalue weighted by Gasteiger charge is -2.08. The average Bonchev–Trinajstić information content (AvgIpc) is 2.85. The first-order valence-corrected chi connectivity index (χ1v) is 8.04. The summed E-state index contributed by atoms with van der Waals surface area (Å²) in [6.45, 7) is 1.95. The third-order valence-corrected chi connectivity index (χ3v) is 3.94. The minimum absolute atomic E-state index is 0.502. The molecule has 0 aliphatic heterocycles. The van der Waals surface area contributed by atoms with E-state index in [0.717, 1.165) is 11.1 Å². The van der Waals surface area contributed by atoms with Crippen LogP contribution in [0.2, 0.25) is 5.02 Å². The van der Waals surface area contributed by atoms with E-state index in [1.54, 1.807) is 16.5 Å². The van der Waals surface area contributed by atoms with Gasteiger partial charge in [0, 0.05) is 16.8 Å². The van der Waals surface area contributed by atoms with Crippen LogP contribution in [0, 0.1) is 6.92 Å². The highest BCUT2D eigenvalue weighted by Crippen LogP contribution is 2.31. The van der Waals surface area contributed by atoms with E-state index in [-0.39, 0.29) is 0 Å². The summed E-state index contributed by atoms with van der Waals surface area (Å²) in [6.07, 6.45) is 1.88. The number of nitrogens with zero attached hydrogens (tertiary/aromatic N) is 2. The van der Waals surface area contributed by atoms with Crippen molar-refractivity contribution in [1.29, 1.82) is 0 Å². The highest BCUT2D eigenvalue weighted by molar-refractivity contribution is 6.54. The predicted octanol–water partition coefficient (Wildman–Crippen LogP) is 4.71. The van der Waals surface area contributed by atoms with Crippen molar-refractivity contribution >= 4 is 52.2 Å². The SMILES string of the molecule is Cc1ccc2nc(-c3cccc(Cl)c3)c(NC(=O)C(Cl)Cl)n2c1. The zero-order chi connectivity index (χ0) is 16.6. The lowest BCUT2D eigenvalue weighted by atomic mass is 10.1. The molecule has 0 fully saturated rings. The van der Waals surface area contributed by atoms with Gasteiger partial charge in [-0.15, -0.1) is 0 Å². The van der Waals surface area contributed by atoms with Gasteiger partial charge in [0.15, 0.2) is 4.84 Å². The average molecular weight is 369 g/mol. The van der Waals surface area contributed by atoms with Crippen LogP contribution in [-0.4, -0.2) is 20.1 Å². The molecule has 1 amide bonds. The second kappa shape index (κ2) is 6.40. The Morgan fingerprint density at radius 2 is 2.04 bits per heavy atom. The molecule has 4 nitrogen and oxygen atoms in total. The molecule has 3 rings (SSSR count). The van der Waals surface area contributed by atoms with Gasteiger partial charge in [-0.05, 0) is 30.7 Å². The van der Waals surface area contributed by atoms with E-state index in [2.05, 4.69) is 10.3 Å². The number of carbonyl (C=O) groups excluding carboxylic acids is 1. The fourth-order valence-corrected chi connectivity index (χ4v) is 2.58. The van der Waals surface area contributed by atoms with Gasteiger partial charge in [-0.3, -0.25) is 9.20 Å². The maximum Gasteiger partial charge on any atom is 0.258 e. The van der Waals surface area contributed by atoms with Gasteiger partial charge in [0.25, 0.3) is 5.91 Å². The highest BCUT2D eigenvalue weighted by atomic mass is 35.5. The van der Waals surface area contributed by atoms with Crippen molar-refractivity contribution in [2.45, 2.75) is 11.8 Å². The molecule has 0 spiro atoms. The van der Waals surface area contributed by atoms with Crippen molar-refractivity contribution in [3.05, 3.63) is 53.2 Å². The molecule has 118 valence electrons. The molecule has 23 heavy (non-hydrogen) atoms. The Labute approximate surface area is 148 Å². The molecule has 1 aromatic carbocycles. The van der Waals surface area contributed by atoms with Crippen molar-refractivity contribution in [2.75, 3.05) is 5.32 Å². The Hall–Kier alpha value is -1.75. The number of benzene rings is 1. The Morgan fingerprint density at radius 3 is 2.74 bits per heavy atom. The number of pyridine rings is 1. The van der Waals surface area contributed by atoms with Crippen LogP contribution in [0.15, 0.2) is 42.6 Å². The molecule has 0 bridgehead atoms. The molecule has 0 unspecified atom stereocenters. The summed E-state index contributed by atoms with van der Waals surface area (Å²) in [6, 6.07) is 11.1. The van der Waals surface area contributed by atoms with E-state index < -0.39 is 10.7 Å². The summed E-state index contributed by atoms with van der Waals surface area (Å²) >= 11 is 17.4. The molecular weight excluding hydrogens is 357 g/mol. The largest absolute Gasteiger partial charge is 0.308 e. The standard InChI is InChI=1S/C16H12Cl3N3O/c1-9-5-6-12-20-13(10-3-2-4-11(17)7-10)15(22(12)8-9)21-16(23)14(18)19/h2-8,14H,1H3,(H,21,23). The van der Waals surface area contributed by atoms with E-state index >= 15 is 0 Å². The lowest BCUT2D eigenvalue weighted by Crippen LogP contribution is -2.20. The van der Waals surface area contributed by atoms with E-state index in [1.807, 2.05) is 37.4 Å². The highest BCUT2D eigenvalue weighted by Gasteiger charge is 2.19. The minimum Gasteiger partial charge on any atom is -0.308 e. The first-order valence-electron chi connectivity index (χ1n) is 6.79. The number of amides is 1. The van der Waals surface area contributed by atoms with E-state index in [4.69, 9.17) is 34.8 Å². The lowest BCUT2D eigenvalue weighted by molar-refractivity contribution is -0.114. The fourth-order valence-electron chi connectivity index (χ4n) is 2.28. The van der Waals surface area contributed by atoms with Gasteiger partial charge in [-0.25, -0.2) is 4.98 Å². The van der Waals surface area contributed by atoms with Crippen LogP contribution in [0.3, 0.4) is 0 Å². The van der Waals surface area contributed by atoms with Crippen molar-refractivity contribution in [3.63, 3.8) is 0 Å². The number of nitrogens with one attached hydrogen (secondary N) is 1. The topological polar surface area (TPSA) is 46.4 Å². The molecule has 0 aliphatic carbocycles. The molecular formula is C16H12Cl3N3O. The summed E-state index contributed by atoms with van der Waals surface area (Å²) in [4.78, 5) is 15.4. The van der Waals surface area contributed by atoms with Gasteiger partial charge in [0.1, 0.15) is 17.2 Å². The van der Waals surface area contributed by atoms with Crippen LogP contribution >= 0.6 is 34.8 Å². The normalized spacial score (nSPS) is 11.2. The molecule has 7 heteroatoms. The molecule has 3 aromatic rings. The number of fused-ring (bicyclic) bond motifs is 1. The summed E-state index contributed by atoms with van der Waals surface area (Å²) in [5, 5.41) is 3.32. The first kappa shape index (κ1) is 16.1. The smallest absolute Gasteiger partial charge is 0.258 e. The minimum atomic E-state index is -1.17. The van der Waals surface area contributed by atoms with Crippen molar-refractivity contribution in [1.82, 2.24) is 9.38 Å². The van der Waals surface area contributed by atoms with E-state index in [1.165, 1.54) is 0 Å².